The number of ketones is 1. The molecule has 1 heterocycles. The van der Waals surface area contributed by atoms with E-state index < -0.39 is 0 Å². The molecule has 4 heteroatoms. The molecule has 1 aromatic rings. The maximum Gasteiger partial charge on any atom is 0.165 e. The molecule has 0 N–H and O–H groups in total. The van der Waals surface area contributed by atoms with Gasteiger partial charge in [0, 0.05) is 25.1 Å². The van der Waals surface area contributed by atoms with Gasteiger partial charge in [-0.2, -0.15) is 0 Å². The highest BCUT2D eigenvalue weighted by molar-refractivity contribution is 6.43. The maximum atomic E-state index is 12.2. The van der Waals surface area contributed by atoms with Gasteiger partial charge in [-0.15, -0.1) is 0 Å². The van der Waals surface area contributed by atoms with Gasteiger partial charge in [-0.1, -0.05) is 42.6 Å². The quantitative estimate of drug-likeness (QED) is 0.710. The van der Waals surface area contributed by atoms with Crippen LogP contribution in [0.4, 0.5) is 0 Å². The van der Waals surface area contributed by atoms with Gasteiger partial charge in [0.2, 0.25) is 0 Å². The van der Waals surface area contributed by atoms with Crippen LogP contribution >= 0.6 is 23.2 Å². The second-order valence-electron chi connectivity index (χ2n) is 5.52. The van der Waals surface area contributed by atoms with Crippen LogP contribution in [0, 0.1) is 5.92 Å². The average Bonchev–Trinajstić information content (AvgIpc) is 2.87. The first-order chi connectivity index (χ1) is 9.61. The number of halogens is 2. The van der Waals surface area contributed by atoms with Crippen molar-refractivity contribution in [1.29, 1.82) is 0 Å². The largest absolute Gasteiger partial charge is 0.303 e. The molecule has 20 heavy (non-hydrogen) atoms. The van der Waals surface area contributed by atoms with Crippen molar-refractivity contribution in [2.45, 2.75) is 32.6 Å². The second-order valence-corrected chi connectivity index (χ2v) is 6.30. The Balaban J connectivity index is 1.85. The fourth-order valence-electron chi connectivity index (χ4n) is 2.87. The molecular weight excluding hydrogens is 293 g/mol. The van der Waals surface area contributed by atoms with E-state index in [1.807, 2.05) is 0 Å². The van der Waals surface area contributed by atoms with E-state index in [1.165, 1.54) is 19.3 Å². The minimum atomic E-state index is 0.0800. The summed E-state index contributed by atoms with van der Waals surface area (Å²) in [5, 5.41) is 0.825. The lowest BCUT2D eigenvalue weighted by molar-refractivity contribution is 0.0968. The number of rotatable bonds is 6. The lowest BCUT2D eigenvalue weighted by Crippen LogP contribution is -2.24. The molecule has 1 aromatic carbocycles. The van der Waals surface area contributed by atoms with Crippen LogP contribution in [-0.2, 0) is 0 Å². The fraction of sp³-hybridized carbons (Fsp3) is 0.562. The third-order valence-corrected chi connectivity index (χ3v) is 4.79. The number of carbonyl (C=O) groups excluding carboxylic acids is 1. The topological polar surface area (TPSA) is 20.3 Å². The van der Waals surface area contributed by atoms with Crippen molar-refractivity contribution < 1.29 is 4.79 Å². The molecule has 1 fully saturated rings. The Labute approximate surface area is 131 Å². The van der Waals surface area contributed by atoms with Crippen LogP contribution in [0.25, 0.3) is 0 Å². The van der Waals surface area contributed by atoms with Crippen LogP contribution < -0.4 is 0 Å². The van der Waals surface area contributed by atoms with Crippen LogP contribution in [0.2, 0.25) is 10.0 Å². The molecule has 2 rings (SSSR count). The Morgan fingerprint density at radius 1 is 1.40 bits per heavy atom. The minimum Gasteiger partial charge on any atom is -0.303 e. The van der Waals surface area contributed by atoms with Crippen molar-refractivity contribution >= 4 is 29.0 Å². The van der Waals surface area contributed by atoms with Crippen molar-refractivity contribution in [3.8, 4) is 0 Å². The molecule has 0 aliphatic carbocycles. The highest BCUT2D eigenvalue weighted by atomic mass is 35.5. The van der Waals surface area contributed by atoms with Crippen LogP contribution in [0.5, 0.6) is 0 Å². The van der Waals surface area contributed by atoms with Gasteiger partial charge >= 0.3 is 0 Å². The lowest BCUT2D eigenvalue weighted by Gasteiger charge is -2.15. The Bertz CT molecular complexity index is 476. The monoisotopic (exact) mass is 313 g/mol. The number of nitrogens with zero attached hydrogens (tertiary/aromatic N) is 1. The normalized spacial score (nSPS) is 19.4. The van der Waals surface area contributed by atoms with Gasteiger partial charge in [0.15, 0.2) is 5.78 Å². The highest BCUT2D eigenvalue weighted by Gasteiger charge is 2.22. The SMILES string of the molecule is CCCC1CCN(CCC(=O)c2cccc(Cl)c2Cl)C1. The molecule has 1 saturated heterocycles. The number of hydrogen-bond acceptors (Lipinski definition) is 2. The maximum absolute atomic E-state index is 12.2. The molecule has 0 aromatic heterocycles. The standard InChI is InChI=1S/C16H21Cl2NO/c1-2-4-12-7-9-19(11-12)10-8-15(20)13-5-3-6-14(17)16(13)18/h3,5-6,12H,2,4,7-11H2,1H3. The van der Waals surface area contributed by atoms with Gasteiger partial charge in [-0.05, 0) is 37.4 Å². The predicted molar refractivity (Wildman–Crippen MR) is 84.9 cm³/mol. The first kappa shape index (κ1) is 15.8. The van der Waals surface area contributed by atoms with E-state index in [0.29, 0.717) is 22.0 Å². The Kier molecular flexibility index (Phi) is 5.88. The van der Waals surface area contributed by atoms with Crippen molar-refractivity contribution in [2.75, 3.05) is 19.6 Å². The molecule has 1 atom stereocenters. The average molecular weight is 314 g/mol. The summed E-state index contributed by atoms with van der Waals surface area (Å²) in [5.41, 5.74) is 0.545. The van der Waals surface area contributed by atoms with Gasteiger partial charge in [0.1, 0.15) is 0 Å². The van der Waals surface area contributed by atoms with Gasteiger partial charge in [-0.25, -0.2) is 0 Å². The van der Waals surface area contributed by atoms with E-state index in [4.69, 9.17) is 23.2 Å². The summed E-state index contributed by atoms with van der Waals surface area (Å²) in [6.07, 6.45) is 4.32. The second kappa shape index (κ2) is 7.44. The zero-order chi connectivity index (χ0) is 14.5. The summed E-state index contributed by atoms with van der Waals surface area (Å²) >= 11 is 12.0. The molecule has 1 unspecified atom stereocenters. The van der Waals surface area contributed by atoms with E-state index in [9.17, 15) is 4.79 Å². The number of hydrogen-bond donors (Lipinski definition) is 0. The highest BCUT2D eigenvalue weighted by Crippen LogP contribution is 2.27. The third kappa shape index (κ3) is 3.97. The summed E-state index contributed by atoms with van der Waals surface area (Å²) in [5.74, 6) is 0.890. The third-order valence-electron chi connectivity index (χ3n) is 3.97. The molecule has 1 aliphatic rings. The van der Waals surface area contributed by atoms with E-state index >= 15 is 0 Å². The van der Waals surface area contributed by atoms with Gasteiger partial charge in [-0.3, -0.25) is 4.79 Å². The molecule has 0 bridgehead atoms. The number of likely N-dealkylation sites (tertiary alicyclic amines) is 1. The Hall–Kier alpha value is -0.570. The van der Waals surface area contributed by atoms with Gasteiger partial charge < -0.3 is 4.90 Å². The number of Topliss-reactive ketones (excluding diaryl/α,β-unsaturated/α-hetero) is 1. The summed E-state index contributed by atoms with van der Waals surface area (Å²) < 4.78 is 0. The van der Waals surface area contributed by atoms with E-state index in [-0.39, 0.29) is 5.78 Å². The Morgan fingerprint density at radius 3 is 2.95 bits per heavy atom. The Morgan fingerprint density at radius 2 is 2.20 bits per heavy atom. The van der Waals surface area contributed by atoms with Gasteiger partial charge in [0.05, 0.1) is 10.0 Å². The zero-order valence-corrected chi connectivity index (χ0v) is 13.4. The van der Waals surface area contributed by atoms with Crippen LogP contribution in [-0.4, -0.2) is 30.3 Å². The number of benzene rings is 1. The first-order valence-corrected chi connectivity index (χ1v) is 8.07. The van der Waals surface area contributed by atoms with Crippen LogP contribution in [0.15, 0.2) is 18.2 Å². The van der Waals surface area contributed by atoms with Gasteiger partial charge in [0.25, 0.3) is 0 Å². The molecule has 0 amide bonds. The molecule has 1 aliphatic heterocycles. The predicted octanol–water partition coefficient (Wildman–Crippen LogP) is 4.69. The summed E-state index contributed by atoms with van der Waals surface area (Å²) in [6.45, 7) is 5.29. The number of carbonyl (C=O) groups is 1. The summed E-state index contributed by atoms with van der Waals surface area (Å²) in [6, 6.07) is 5.23. The van der Waals surface area contributed by atoms with Crippen molar-refractivity contribution in [3.05, 3.63) is 33.8 Å². The summed E-state index contributed by atoms with van der Waals surface area (Å²) in [7, 11) is 0. The molecule has 0 saturated carbocycles. The fourth-order valence-corrected chi connectivity index (χ4v) is 3.28. The van der Waals surface area contributed by atoms with Crippen molar-refractivity contribution in [2.24, 2.45) is 5.92 Å². The van der Waals surface area contributed by atoms with E-state index in [0.717, 1.165) is 25.6 Å². The molecule has 0 radical (unpaired) electrons. The summed E-state index contributed by atoms with van der Waals surface area (Å²) in [4.78, 5) is 14.6. The van der Waals surface area contributed by atoms with Crippen molar-refractivity contribution in [1.82, 2.24) is 4.90 Å². The minimum absolute atomic E-state index is 0.0800. The van der Waals surface area contributed by atoms with E-state index in [2.05, 4.69) is 11.8 Å². The first-order valence-electron chi connectivity index (χ1n) is 7.31. The van der Waals surface area contributed by atoms with Crippen molar-refractivity contribution in [3.63, 3.8) is 0 Å². The lowest BCUT2D eigenvalue weighted by atomic mass is 10.0. The van der Waals surface area contributed by atoms with Crippen LogP contribution in [0.3, 0.4) is 0 Å². The smallest absolute Gasteiger partial charge is 0.165 e. The molecular formula is C16H21Cl2NO. The molecule has 2 nitrogen and oxygen atoms in total. The molecule has 0 spiro atoms. The van der Waals surface area contributed by atoms with Crippen LogP contribution in [0.1, 0.15) is 43.0 Å². The molecule has 110 valence electrons. The van der Waals surface area contributed by atoms with E-state index in [1.54, 1.807) is 18.2 Å². The zero-order valence-electron chi connectivity index (χ0n) is 11.9.